The van der Waals surface area contributed by atoms with E-state index in [2.05, 4.69) is 15.3 Å². The number of nitrogens with one attached hydrogen (secondary N) is 1. The van der Waals surface area contributed by atoms with Gasteiger partial charge in [0, 0.05) is 36.9 Å². The van der Waals surface area contributed by atoms with Crippen molar-refractivity contribution in [3.8, 4) is 0 Å². The lowest BCUT2D eigenvalue weighted by atomic mass is 9.92. The molecule has 2 fully saturated rings. The molecular weight excluding hydrogens is 360 g/mol. The standard InChI is InChI=1S/C20H18N4O2S/c25-17(24-11-14(12-24)8-16-21-5-6-27-16)2-1-13-7-15-9-20(3-4-20)19(26)23-18(15)22-10-13/h1-2,5-8,10H,3-4,9,11-12H2,(H,22,23,26). The number of aromatic nitrogens is 2. The molecule has 4 heterocycles. The van der Waals surface area contributed by atoms with Crippen LogP contribution >= 0.6 is 11.3 Å². The molecule has 2 aromatic heterocycles. The van der Waals surface area contributed by atoms with Crippen LogP contribution in [-0.2, 0) is 16.0 Å². The van der Waals surface area contributed by atoms with E-state index in [0.717, 1.165) is 35.4 Å². The maximum Gasteiger partial charge on any atom is 0.247 e. The molecule has 0 radical (unpaired) electrons. The Morgan fingerprint density at radius 2 is 2.15 bits per heavy atom. The molecule has 2 aliphatic heterocycles. The summed E-state index contributed by atoms with van der Waals surface area (Å²) >= 11 is 1.60. The molecule has 1 saturated carbocycles. The SMILES string of the molecule is O=C(C=Cc1cnc2c(c1)CC1(CC1)C(=O)N2)N1CC(=Cc2nccs2)C1. The van der Waals surface area contributed by atoms with E-state index in [1.807, 2.05) is 17.5 Å². The van der Waals surface area contributed by atoms with Gasteiger partial charge in [-0.25, -0.2) is 9.97 Å². The van der Waals surface area contributed by atoms with Crippen molar-refractivity contribution in [2.75, 3.05) is 18.4 Å². The van der Waals surface area contributed by atoms with Crippen molar-refractivity contribution in [3.63, 3.8) is 0 Å². The number of rotatable bonds is 3. The second-order valence-electron chi connectivity index (χ2n) is 7.39. The summed E-state index contributed by atoms with van der Waals surface area (Å²) in [5, 5.41) is 5.83. The Balaban J connectivity index is 1.23. The van der Waals surface area contributed by atoms with Gasteiger partial charge < -0.3 is 10.2 Å². The number of fused-ring (bicyclic) bond motifs is 1. The van der Waals surface area contributed by atoms with E-state index < -0.39 is 0 Å². The third-order valence-corrected chi connectivity index (χ3v) is 6.10. The second kappa shape index (κ2) is 6.13. The number of amides is 2. The molecule has 2 aromatic rings. The van der Waals surface area contributed by atoms with Crippen LogP contribution in [0.4, 0.5) is 5.82 Å². The van der Waals surface area contributed by atoms with Crippen LogP contribution in [0.15, 0.2) is 35.5 Å². The molecule has 6 nitrogen and oxygen atoms in total. The van der Waals surface area contributed by atoms with E-state index in [0.29, 0.717) is 18.9 Å². The summed E-state index contributed by atoms with van der Waals surface area (Å²) in [6, 6.07) is 2.02. The number of hydrogen-bond donors (Lipinski definition) is 1. The van der Waals surface area contributed by atoms with E-state index in [9.17, 15) is 9.59 Å². The van der Waals surface area contributed by atoms with E-state index in [1.165, 1.54) is 5.57 Å². The summed E-state index contributed by atoms with van der Waals surface area (Å²) in [6.07, 6.45) is 11.6. The van der Waals surface area contributed by atoms with Crippen molar-refractivity contribution in [2.45, 2.75) is 19.3 Å². The minimum atomic E-state index is -0.204. The lowest BCUT2D eigenvalue weighted by Gasteiger charge is -2.33. The Morgan fingerprint density at radius 1 is 1.30 bits per heavy atom. The lowest BCUT2D eigenvalue weighted by Crippen LogP contribution is -2.43. The molecule has 1 aliphatic carbocycles. The van der Waals surface area contributed by atoms with Gasteiger partial charge in [-0.15, -0.1) is 11.3 Å². The first-order valence-electron chi connectivity index (χ1n) is 8.98. The normalized spacial score (nSPS) is 19.6. The number of carbonyl (C=O) groups excluding carboxylic acids is 2. The maximum atomic E-state index is 12.3. The van der Waals surface area contributed by atoms with Gasteiger partial charge in [-0.05, 0) is 54.2 Å². The quantitative estimate of drug-likeness (QED) is 0.834. The molecule has 7 heteroatoms. The van der Waals surface area contributed by atoms with Gasteiger partial charge in [-0.3, -0.25) is 9.59 Å². The average molecular weight is 378 g/mol. The fourth-order valence-corrected chi connectivity index (χ4v) is 4.17. The number of likely N-dealkylation sites (tertiary alicyclic amines) is 1. The minimum absolute atomic E-state index is 0.00373. The van der Waals surface area contributed by atoms with Gasteiger partial charge in [-0.2, -0.15) is 0 Å². The fraction of sp³-hybridized carbons (Fsp3) is 0.300. The molecule has 2 amide bonds. The highest BCUT2D eigenvalue weighted by atomic mass is 32.1. The summed E-state index contributed by atoms with van der Waals surface area (Å²) in [4.78, 5) is 34.7. The summed E-state index contributed by atoms with van der Waals surface area (Å²) in [5.74, 6) is 0.747. The van der Waals surface area contributed by atoms with Crippen molar-refractivity contribution in [1.82, 2.24) is 14.9 Å². The molecule has 3 aliphatic rings. The van der Waals surface area contributed by atoms with Gasteiger partial charge in [0.1, 0.15) is 10.8 Å². The summed E-state index contributed by atoms with van der Waals surface area (Å²) < 4.78 is 0. The van der Waals surface area contributed by atoms with Crippen molar-refractivity contribution < 1.29 is 9.59 Å². The van der Waals surface area contributed by atoms with E-state index in [1.54, 1.807) is 40.8 Å². The monoisotopic (exact) mass is 378 g/mol. The Kier molecular flexibility index (Phi) is 3.72. The van der Waals surface area contributed by atoms with Gasteiger partial charge in [0.15, 0.2) is 0 Å². The number of nitrogens with zero attached hydrogens (tertiary/aromatic N) is 3. The predicted molar refractivity (Wildman–Crippen MR) is 104 cm³/mol. The molecular formula is C20H18N4O2S. The third-order valence-electron chi connectivity index (χ3n) is 5.38. The minimum Gasteiger partial charge on any atom is -0.331 e. The Morgan fingerprint density at radius 3 is 2.89 bits per heavy atom. The molecule has 1 N–H and O–H groups in total. The topological polar surface area (TPSA) is 75.2 Å². The first-order valence-corrected chi connectivity index (χ1v) is 9.86. The molecule has 136 valence electrons. The van der Waals surface area contributed by atoms with Gasteiger partial charge in [0.2, 0.25) is 11.8 Å². The van der Waals surface area contributed by atoms with Crippen LogP contribution in [0.5, 0.6) is 0 Å². The number of pyridine rings is 1. The first-order chi connectivity index (χ1) is 13.1. The molecule has 27 heavy (non-hydrogen) atoms. The van der Waals surface area contributed by atoms with Gasteiger partial charge in [0.25, 0.3) is 0 Å². The Hall–Kier alpha value is -2.80. The highest BCUT2D eigenvalue weighted by molar-refractivity contribution is 7.10. The predicted octanol–water partition coefficient (Wildman–Crippen LogP) is 2.75. The number of thiazole rings is 1. The van der Waals surface area contributed by atoms with Crippen molar-refractivity contribution >= 4 is 41.1 Å². The van der Waals surface area contributed by atoms with Crippen LogP contribution < -0.4 is 5.32 Å². The van der Waals surface area contributed by atoms with Gasteiger partial charge in [0.05, 0.1) is 5.41 Å². The highest BCUT2D eigenvalue weighted by Crippen LogP contribution is 2.52. The Labute approximate surface area is 160 Å². The van der Waals surface area contributed by atoms with E-state index in [-0.39, 0.29) is 17.2 Å². The molecule has 1 saturated heterocycles. The molecule has 0 atom stereocenters. The summed E-state index contributed by atoms with van der Waals surface area (Å²) in [6.45, 7) is 1.31. The van der Waals surface area contributed by atoms with Crippen LogP contribution in [0.3, 0.4) is 0 Å². The van der Waals surface area contributed by atoms with Crippen molar-refractivity contribution in [1.29, 1.82) is 0 Å². The number of carbonyl (C=O) groups is 2. The Bertz CT molecular complexity index is 981. The first kappa shape index (κ1) is 16.4. The number of anilines is 1. The maximum absolute atomic E-state index is 12.3. The van der Waals surface area contributed by atoms with Crippen LogP contribution in [0, 0.1) is 5.41 Å². The van der Waals surface area contributed by atoms with Crippen molar-refractivity contribution in [2.24, 2.45) is 5.41 Å². The van der Waals surface area contributed by atoms with Crippen LogP contribution in [0.2, 0.25) is 0 Å². The molecule has 1 spiro atoms. The third kappa shape index (κ3) is 3.08. The van der Waals surface area contributed by atoms with E-state index >= 15 is 0 Å². The average Bonchev–Trinajstić information content (AvgIpc) is 3.20. The molecule has 0 aromatic carbocycles. The zero-order valence-electron chi connectivity index (χ0n) is 14.6. The smallest absolute Gasteiger partial charge is 0.247 e. The van der Waals surface area contributed by atoms with Crippen LogP contribution in [0.1, 0.15) is 29.0 Å². The summed E-state index contributed by atoms with van der Waals surface area (Å²) in [5.41, 5.74) is 2.95. The molecule has 5 rings (SSSR count). The zero-order chi connectivity index (χ0) is 18.4. The van der Waals surface area contributed by atoms with E-state index in [4.69, 9.17) is 0 Å². The largest absolute Gasteiger partial charge is 0.331 e. The molecule has 0 unspecified atom stereocenters. The van der Waals surface area contributed by atoms with Crippen LogP contribution in [0.25, 0.3) is 12.2 Å². The molecule has 0 bridgehead atoms. The zero-order valence-corrected chi connectivity index (χ0v) is 15.5. The highest BCUT2D eigenvalue weighted by Gasteiger charge is 2.52. The van der Waals surface area contributed by atoms with Crippen LogP contribution in [-0.4, -0.2) is 39.8 Å². The van der Waals surface area contributed by atoms with Gasteiger partial charge >= 0.3 is 0 Å². The number of hydrogen-bond acceptors (Lipinski definition) is 5. The fourth-order valence-electron chi connectivity index (χ4n) is 3.55. The van der Waals surface area contributed by atoms with Crippen molar-refractivity contribution in [3.05, 3.63) is 51.6 Å². The second-order valence-corrected chi connectivity index (χ2v) is 8.31. The summed E-state index contributed by atoms with van der Waals surface area (Å²) in [7, 11) is 0. The lowest BCUT2D eigenvalue weighted by molar-refractivity contribution is -0.127. The van der Waals surface area contributed by atoms with Gasteiger partial charge in [-0.1, -0.05) is 0 Å².